The normalized spacial score (nSPS) is 13.3. The number of carbonyl (C=O) groups excluding carboxylic acids is 1. The molecule has 7 nitrogen and oxygen atoms in total. The highest BCUT2D eigenvalue weighted by atomic mass is 16.1. The minimum atomic E-state index is -0.0665. The van der Waals surface area contributed by atoms with Crippen LogP contribution < -0.4 is 5.32 Å². The van der Waals surface area contributed by atoms with Crippen LogP contribution in [0.25, 0.3) is 22.6 Å². The van der Waals surface area contributed by atoms with Gasteiger partial charge in [-0.05, 0) is 36.5 Å². The quantitative estimate of drug-likeness (QED) is 0.502. The van der Waals surface area contributed by atoms with E-state index in [0.717, 1.165) is 28.9 Å². The van der Waals surface area contributed by atoms with Gasteiger partial charge in [-0.15, -0.1) is 0 Å². The third-order valence-electron chi connectivity index (χ3n) is 5.61. The molecule has 0 aliphatic heterocycles. The second kappa shape index (κ2) is 8.18. The average molecular weight is 412 g/mol. The Morgan fingerprint density at radius 2 is 1.87 bits per heavy atom. The molecule has 4 aromatic rings. The summed E-state index contributed by atoms with van der Waals surface area (Å²) in [5, 5.41) is 7.22. The lowest BCUT2D eigenvalue weighted by atomic mass is 10.2. The van der Waals surface area contributed by atoms with Gasteiger partial charge in [0.15, 0.2) is 5.82 Å². The topological polar surface area (TPSA) is 77.6 Å². The van der Waals surface area contributed by atoms with Crippen molar-refractivity contribution in [2.24, 2.45) is 13.0 Å². The highest BCUT2D eigenvalue weighted by Crippen LogP contribution is 2.32. The lowest BCUT2D eigenvalue weighted by Crippen LogP contribution is -2.25. The van der Waals surface area contributed by atoms with E-state index in [4.69, 9.17) is 0 Å². The Morgan fingerprint density at radius 1 is 1.10 bits per heavy atom. The largest absolute Gasteiger partial charge is 0.347 e. The Morgan fingerprint density at radius 3 is 2.55 bits per heavy atom. The number of rotatable bonds is 7. The van der Waals surface area contributed by atoms with Gasteiger partial charge in [-0.25, -0.2) is 9.97 Å². The molecule has 1 fully saturated rings. The van der Waals surface area contributed by atoms with Gasteiger partial charge in [-0.1, -0.05) is 30.3 Å². The highest BCUT2D eigenvalue weighted by Gasteiger charge is 2.24. The van der Waals surface area contributed by atoms with E-state index in [1.807, 2.05) is 55.7 Å². The van der Waals surface area contributed by atoms with Gasteiger partial charge in [0.1, 0.15) is 11.4 Å². The summed E-state index contributed by atoms with van der Waals surface area (Å²) >= 11 is 0. The summed E-state index contributed by atoms with van der Waals surface area (Å²) in [6, 6.07) is 13.8. The molecular formula is C24H24N6O. The summed E-state index contributed by atoms with van der Waals surface area (Å²) in [6.07, 6.45) is 9.82. The molecule has 0 spiro atoms. The summed E-state index contributed by atoms with van der Waals surface area (Å²) in [5.41, 5.74) is 4.45. The number of hydrogen-bond acceptors (Lipinski definition) is 4. The Balaban J connectivity index is 1.38. The summed E-state index contributed by atoms with van der Waals surface area (Å²) in [7, 11) is 1.87. The van der Waals surface area contributed by atoms with Crippen molar-refractivity contribution >= 4 is 5.91 Å². The monoisotopic (exact) mass is 412 g/mol. The number of aromatic nitrogens is 5. The van der Waals surface area contributed by atoms with E-state index in [0.29, 0.717) is 24.0 Å². The molecule has 1 aliphatic rings. The van der Waals surface area contributed by atoms with Gasteiger partial charge in [-0.3, -0.25) is 9.48 Å². The fourth-order valence-electron chi connectivity index (χ4n) is 3.66. The minimum absolute atomic E-state index is 0.0665. The van der Waals surface area contributed by atoms with Crippen LogP contribution in [0, 0.1) is 5.92 Å². The van der Waals surface area contributed by atoms with E-state index in [-0.39, 0.29) is 5.91 Å². The molecule has 1 amide bonds. The van der Waals surface area contributed by atoms with Crippen LogP contribution in [0.3, 0.4) is 0 Å². The van der Waals surface area contributed by atoms with Gasteiger partial charge in [0.05, 0.1) is 0 Å². The van der Waals surface area contributed by atoms with E-state index < -0.39 is 0 Å². The van der Waals surface area contributed by atoms with Crippen molar-refractivity contribution in [2.45, 2.75) is 25.9 Å². The first-order valence-corrected chi connectivity index (χ1v) is 10.5. The van der Waals surface area contributed by atoms with Crippen LogP contribution >= 0.6 is 0 Å². The standard InChI is InChI=1S/C24H24N6O/c1-29-21(9-10-28-29)23-25-13-20(14-26-23)19-11-22(30(16-19)15-18-7-8-18)24(31)27-12-17-5-3-2-4-6-17/h2-6,9-11,13-14,16,18H,7-8,12,15H2,1H3,(H,27,31). The smallest absolute Gasteiger partial charge is 0.268 e. The fraction of sp³-hybridized carbons (Fsp3) is 0.250. The highest BCUT2D eigenvalue weighted by molar-refractivity contribution is 5.94. The molecule has 1 N–H and O–H groups in total. The molecule has 1 aliphatic carbocycles. The van der Waals surface area contributed by atoms with Gasteiger partial charge in [0.2, 0.25) is 0 Å². The summed E-state index contributed by atoms with van der Waals surface area (Å²) < 4.78 is 3.82. The minimum Gasteiger partial charge on any atom is -0.347 e. The molecule has 3 aromatic heterocycles. The molecule has 0 bridgehead atoms. The number of nitrogens with zero attached hydrogens (tertiary/aromatic N) is 5. The maximum absolute atomic E-state index is 13.0. The number of benzene rings is 1. The van der Waals surface area contributed by atoms with Crippen LogP contribution in [0.4, 0.5) is 0 Å². The number of amides is 1. The Labute approximate surface area is 180 Å². The first-order chi connectivity index (χ1) is 15.2. The van der Waals surface area contributed by atoms with Crippen LogP contribution in [0.5, 0.6) is 0 Å². The molecule has 5 rings (SSSR count). The van der Waals surface area contributed by atoms with Crippen LogP contribution in [0.2, 0.25) is 0 Å². The SMILES string of the molecule is Cn1nccc1-c1ncc(-c2cc(C(=O)NCc3ccccc3)n(CC3CC3)c2)cn1. The zero-order valence-electron chi connectivity index (χ0n) is 17.4. The predicted molar refractivity (Wildman–Crippen MR) is 118 cm³/mol. The van der Waals surface area contributed by atoms with Gasteiger partial charge < -0.3 is 9.88 Å². The first-order valence-electron chi connectivity index (χ1n) is 10.5. The lowest BCUT2D eigenvalue weighted by molar-refractivity contribution is 0.0941. The Bertz CT molecular complexity index is 1190. The molecule has 1 saturated carbocycles. The molecule has 0 saturated heterocycles. The van der Waals surface area contributed by atoms with E-state index in [1.54, 1.807) is 23.3 Å². The van der Waals surface area contributed by atoms with Gasteiger partial charge in [-0.2, -0.15) is 5.10 Å². The summed E-state index contributed by atoms with van der Waals surface area (Å²) in [6.45, 7) is 1.37. The van der Waals surface area contributed by atoms with E-state index in [1.165, 1.54) is 12.8 Å². The third-order valence-corrected chi connectivity index (χ3v) is 5.61. The molecule has 0 atom stereocenters. The van der Waals surface area contributed by atoms with Crippen molar-refractivity contribution in [2.75, 3.05) is 0 Å². The average Bonchev–Trinajstić information content (AvgIpc) is 3.35. The van der Waals surface area contributed by atoms with Crippen molar-refractivity contribution < 1.29 is 4.79 Å². The molecule has 3 heterocycles. The summed E-state index contributed by atoms with van der Waals surface area (Å²) in [4.78, 5) is 22.0. The molecular weight excluding hydrogens is 388 g/mol. The second-order valence-electron chi connectivity index (χ2n) is 8.01. The second-order valence-corrected chi connectivity index (χ2v) is 8.01. The van der Waals surface area contributed by atoms with Gasteiger partial charge >= 0.3 is 0 Å². The van der Waals surface area contributed by atoms with E-state index >= 15 is 0 Å². The number of hydrogen-bond donors (Lipinski definition) is 1. The van der Waals surface area contributed by atoms with Crippen molar-refractivity contribution in [3.63, 3.8) is 0 Å². The Kier molecular flexibility index (Phi) is 5.08. The molecule has 0 unspecified atom stereocenters. The molecule has 0 radical (unpaired) electrons. The molecule has 1 aromatic carbocycles. The van der Waals surface area contributed by atoms with E-state index in [2.05, 4.69) is 25.0 Å². The maximum Gasteiger partial charge on any atom is 0.268 e. The third kappa shape index (κ3) is 4.26. The van der Waals surface area contributed by atoms with Crippen molar-refractivity contribution in [3.8, 4) is 22.6 Å². The fourth-order valence-corrected chi connectivity index (χ4v) is 3.66. The number of aryl methyl sites for hydroxylation is 1. The first kappa shape index (κ1) is 19.2. The molecule has 7 heteroatoms. The predicted octanol–water partition coefficient (Wildman–Crippen LogP) is 3.69. The molecule has 31 heavy (non-hydrogen) atoms. The summed E-state index contributed by atoms with van der Waals surface area (Å²) in [5.74, 6) is 1.22. The zero-order valence-corrected chi connectivity index (χ0v) is 17.4. The van der Waals surface area contributed by atoms with Crippen LogP contribution in [0.15, 0.2) is 67.3 Å². The van der Waals surface area contributed by atoms with Crippen molar-refractivity contribution in [1.29, 1.82) is 0 Å². The number of carbonyl (C=O) groups is 1. The molecule has 156 valence electrons. The lowest BCUT2D eigenvalue weighted by Gasteiger charge is -2.09. The van der Waals surface area contributed by atoms with Crippen molar-refractivity contribution in [3.05, 3.63) is 78.5 Å². The maximum atomic E-state index is 13.0. The van der Waals surface area contributed by atoms with Gasteiger partial charge in [0, 0.05) is 56.1 Å². The van der Waals surface area contributed by atoms with Crippen molar-refractivity contribution in [1.82, 2.24) is 29.6 Å². The van der Waals surface area contributed by atoms with Gasteiger partial charge in [0.25, 0.3) is 5.91 Å². The zero-order chi connectivity index (χ0) is 21.2. The Hall–Kier alpha value is -3.74. The van der Waals surface area contributed by atoms with E-state index in [9.17, 15) is 4.79 Å². The van der Waals surface area contributed by atoms with Crippen LogP contribution in [0.1, 0.15) is 28.9 Å². The van der Waals surface area contributed by atoms with Crippen LogP contribution in [-0.2, 0) is 20.1 Å². The van der Waals surface area contributed by atoms with Crippen LogP contribution in [-0.4, -0.2) is 30.2 Å². The number of nitrogens with one attached hydrogen (secondary N) is 1.